The predicted octanol–water partition coefficient (Wildman–Crippen LogP) is 2.97. The largest absolute Gasteiger partial charge is 0.344 e. The maximum absolute atomic E-state index is 11.4. The summed E-state index contributed by atoms with van der Waals surface area (Å²) in [5.41, 5.74) is 1.91. The van der Waals surface area contributed by atoms with Crippen molar-refractivity contribution in [1.82, 2.24) is 4.57 Å². The molecule has 0 aliphatic heterocycles. The molecule has 2 rings (SSSR count). The minimum absolute atomic E-state index is 0.0853. The van der Waals surface area contributed by atoms with E-state index in [0.29, 0.717) is 0 Å². The van der Waals surface area contributed by atoms with E-state index in [1.165, 1.54) is 6.26 Å². The van der Waals surface area contributed by atoms with E-state index in [1.54, 1.807) is 0 Å². The Morgan fingerprint density at radius 3 is 2.65 bits per heavy atom. The molecule has 17 heavy (non-hydrogen) atoms. The van der Waals surface area contributed by atoms with Crippen LogP contribution in [0.15, 0.2) is 28.7 Å². The molecule has 0 fully saturated rings. The molecule has 0 unspecified atom stereocenters. The number of aryl methyl sites for hydroxylation is 1. The molecule has 0 spiro atoms. The second-order valence-corrected chi connectivity index (χ2v) is 7.12. The molecule has 1 aromatic heterocycles. The first kappa shape index (κ1) is 12.6. The van der Waals surface area contributed by atoms with Crippen LogP contribution in [0.25, 0.3) is 10.9 Å². The van der Waals surface area contributed by atoms with Crippen LogP contribution in [-0.2, 0) is 22.1 Å². The summed E-state index contributed by atoms with van der Waals surface area (Å²) in [5, 5.41) is 1.06. The van der Waals surface area contributed by atoms with Crippen LogP contribution in [-0.4, -0.2) is 19.2 Å². The van der Waals surface area contributed by atoms with Crippen molar-refractivity contribution in [3.05, 3.63) is 34.4 Å². The molecule has 0 amide bonds. The molecule has 0 bridgehead atoms. The molecule has 1 heterocycles. The number of benzene rings is 1. The van der Waals surface area contributed by atoms with Crippen LogP contribution in [0.4, 0.5) is 0 Å². The van der Waals surface area contributed by atoms with Gasteiger partial charge in [-0.25, -0.2) is 8.42 Å². The normalized spacial score (nSPS) is 12.2. The molecule has 1 aromatic carbocycles. The third kappa shape index (κ3) is 2.55. The highest BCUT2D eigenvalue weighted by Crippen LogP contribution is 2.28. The lowest BCUT2D eigenvalue weighted by atomic mass is 10.2. The van der Waals surface area contributed by atoms with Gasteiger partial charge in [0.2, 0.25) is 0 Å². The Balaban J connectivity index is 2.68. The number of nitrogens with zero attached hydrogens (tertiary/aromatic N) is 1. The summed E-state index contributed by atoms with van der Waals surface area (Å²) in [4.78, 5) is 0. The number of sulfone groups is 1. The van der Waals surface area contributed by atoms with Gasteiger partial charge in [-0.15, -0.1) is 0 Å². The predicted molar refractivity (Wildman–Crippen MR) is 73.9 cm³/mol. The molecule has 92 valence electrons. The van der Waals surface area contributed by atoms with Crippen LogP contribution in [0.5, 0.6) is 0 Å². The van der Waals surface area contributed by atoms with Crippen LogP contribution in [0.2, 0.25) is 0 Å². The Morgan fingerprint density at radius 1 is 1.35 bits per heavy atom. The summed E-state index contributed by atoms with van der Waals surface area (Å²) in [7, 11) is -3.01. The van der Waals surface area contributed by atoms with Gasteiger partial charge in [0.25, 0.3) is 0 Å². The van der Waals surface area contributed by atoms with Gasteiger partial charge in [0.15, 0.2) is 9.84 Å². The molecule has 0 aliphatic rings. The minimum atomic E-state index is -3.01. The van der Waals surface area contributed by atoms with Crippen molar-refractivity contribution in [3.63, 3.8) is 0 Å². The summed E-state index contributed by atoms with van der Waals surface area (Å²) in [6.45, 7) is 2.79. The second-order valence-electron chi connectivity index (χ2n) is 4.12. The SMILES string of the molecule is CCn1c(CS(C)(=O)=O)cc2c(Br)cccc21. The van der Waals surface area contributed by atoms with Crippen LogP contribution < -0.4 is 0 Å². The van der Waals surface area contributed by atoms with Crippen molar-refractivity contribution in [3.8, 4) is 0 Å². The molecule has 2 aromatic rings. The van der Waals surface area contributed by atoms with Crippen molar-refractivity contribution in [2.24, 2.45) is 0 Å². The van der Waals surface area contributed by atoms with Gasteiger partial charge in [-0.2, -0.15) is 0 Å². The van der Waals surface area contributed by atoms with E-state index in [4.69, 9.17) is 0 Å². The Bertz CT molecular complexity index is 658. The lowest BCUT2D eigenvalue weighted by Crippen LogP contribution is -2.07. The van der Waals surface area contributed by atoms with Gasteiger partial charge in [0.1, 0.15) is 0 Å². The zero-order chi connectivity index (χ0) is 12.6. The van der Waals surface area contributed by atoms with Crippen molar-refractivity contribution in [1.29, 1.82) is 0 Å². The summed E-state index contributed by atoms with van der Waals surface area (Å²) in [5.74, 6) is 0.0853. The number of aromatic nitrogens is 1. The second kappa shape index (κ2) is 4.46. The highest BCUT2D eigenvalue weighted by Gasteiger charge is 2.13. The highest BCUT2D eigenvalue weighted by atomic mass is 79.9. The number of hydrogen-bond acceptors (Lipinski definition) is 2. The van der Waals surface area contributed by atoms with Crippen molar-refractivity contribution < 1.29 is 8.42 Å². The summed E-state index contributed by atoms with van der Waals surface area (Å²) in [6.07, 6.45) is 1.26. The maximum Gasteiger partial charge on any atom is 0.153 e. The highest BCUT2D eigenvalue weighted by molar-refractivity contribution is 9.10. The number of halogens is 1. The topological polar surface area (TPSA) is 39.1 Å². The fraction of sp³-hybridized carbons (Fsp3) is 0.333. The summed E-state index contributed by atoms with van der Waals surface area (Å²) >= 11 is 3.49. The molecule has 5 heteroatoms. The Labute approximate surface area is 109 Å². The molecule has 0 saturated heterocycles. The van der Waals surface area contributed by atoms with Crippen LogP contribution >= 0.6 is 15.9 Å². The monoisotopic (exact) mass is 315 g/mol. The number of fused-ring (bicyclic) bond motifs is 1. The molecule has 0 atom stereocenters. The number of rotatable bonds is 3. The van der Waals surface area contributed by atoms with Gasteiger partial charge < -0.3 is 4.57 Å². The minimum Gasteiger partial charge on any atom is -0.344 e. The van der Waals surface area contributed by atoms with Gasteiger partial charge in [0, 0.05) is 33.9 Å². The first-order valence-electron chi connectivity index (χ1n) is 5.36. The van der Waals surface area contributed by atoms with Crippen molar-refractivity contribution in [2.45, 2.75) is 19.2 Å². The van der Waals surface area contributed by atoms with E-state index in [-0.39, 0.29) is 5.75 Å². The lowest BCUT2D eigenvalue weighted by molar-refractivity contribution is 0.598. The van der Waals surface area contributed by atoms with E-state index in [2.05, 4.69) is 15.9 Å². The smallest absolute Gasteiger partial charge is 0.153 e. The zero-order valence-electron chi connectivity index (χ0n) is 9.77. The fourth-order valence-corrected chi connectivity index (χ4v) is 3.31. The molecule has 0 N–H and O–H groups in total. The fourth-order valence-electron chi connectivity index (χ4n) is 2.06. The van der Waals surface area contributed by atoms with Gasteiger partial charge in [0.05, 0.1) is 5.75 Å². The molecule has 0 saturated carbocycles. The first-order chi connectivity index (χ1) is 7.92. The van der Waals surface area contributed by atoms with E-state index in [0.717, 1.165) is 27.6 Å². The average molecular weight is 316 g/mol. The van der Waals surface area contributed by atoms with Crippen LogP contribution in [0.1, 0.15) is 12.6 Å². The maximum atomic E-state index is 11.4. The van der Waals surface area contributed by atoms with Gasteiger partial charge in [-0.1, -0.05) is 22.0 Å². The molecule has 0 aliphatic carbocycles. The van der Waals surface area contributed by atoms with E-state index >= 15 is 0 Å². The van der Waals surface area contributed by atoms with Crippen LogP contribution in [0.3, 0.4) is 0 Å². The van der Waals surface area contributed by atoms with E-state index < -0.39 is 9.84 Å². The van der Waals surface area contributed by atoms with Gasteiger partial charge in [-0.3, -0.25) is 0 Å². The Kier molecular flexibility index (Phi) is 3.32. The van der Waals surface area contributed by atoms with Crippen LogP contribution in [0, 0.1) is 0 Å². The first-order valence-corrected chi connectivity index (χ1v) is 8.22. The van der Waals surface area contributed by atoms with Gasteiger partial charge >= 0.3 is 0 Å². The zero-order valence-corrected chi connectivity index (χ0v) is 12.2. The Morgan fingerprint density at radius 2 is 2.06 bits per heavy atom. The third-order valence-electron chi connectivity index (χ3n) is 2.70. The molecular formula is C12H14BrNO2S. The van der Waals surface area contributed by atoms with Gasteiger partial charge in [-0.05, 0) is 25.1 Å². The molecule has 0 radical (unpaired) electrons. The third-order valence-corrected chi connectivity index (χ3v) is 4.22. The van der Waals surface area contributed by atoms with E-state index in [1.807, 2.05) is 35.8 Å². The standard InChI is InChI=1S/C12H14BrNO2S/c1-3-14-9(8-17(2,15)16)7-10-11(13)5-4-6-12(10)14/h4-7H,3,8H2,1-2H3. The summed E-state index contributed by atoms with van der Waals surface area (Å²) < 4.78 is 25.9. The lowest BCUT2D eigenvalue weighted by Gasteiger charge is -2.06. The summed E-state index contributed by atoms with van der Waals surface area (Å²) in [6, 6.07) is 7.88. The Hall–Kier alpha value is -0.810. The molecule has 3 nitrogen and oxygen atoms in total. The van der Waals surface area contributed by atoms with Crippen molar-refractivity contribution in [2.75, 3.05) is 6.26 Å². The van der Waals surface area contributed by atoms with Crippen molar-refractivity contribution >= 4 is 36.7 Å². The quantitative estimate of drug-likeness (QED) is 0.873. The average Bonchev–Trinajstić information content (AvgIpc) is 2.54. The van der Waals surface area contributed by atoms with E-state index in [9.17, 15) is 8.42 Å². The molecular weight excluding hydrogens is 302 g/mol. The number of hydrogen-bond donors (Lipinski definition) is 0.